The molecule has 0 aliphatic heterocycles. The lowest BCUT2D eigenvalue weighted by atomic mass is 9.84. The number of carboxylic acid groups (broad SMARTS) is 1. The molecule has 0 atom stereocenters. The van der Waals surface area contributed by atoms with Gasteiger partial charge in [0.15, 0.2) is 0 Å². The van der Waals surface area contributed by atoms with Gasteiger partial charge in [-0.2, -0.15) is 0 Å². The van der Waals surface area contributed by atoms with Crippen molar-refractivity contribution >= 4 is 11.9 Å². The summed E-state index contributed by atoms with van der Waals surface area (Å²) in [6, 6.07) is 0. The third-order valence-corrected chi connectivity index (χ3v) is 2.78. The summed E-state index contributed by atoms with van der Waals surface area (Å²) in [5.41, 5.74) is -0.422. The van der Waals surface area contributed by atoms with Gasteiger partial charge < -0.3 is 10.4 Å². The molecular formula is C13H25NO3. The first kappa shape index (κ1) is 15.9. The molecule has 0 aromatic heterocycles. The maximum atomic E-state index is 11.6. The van der Waals surface area contributed by atoms with Crippen LogP contribution in [-0.2, 0) is 9.59 Å². The molecule has 0 aromatic carbocycles. The van der Waals surface area contributed by atoms with E-state index in [1.165, 1.54) is 0 Å². The van der Waals surface area contributed by atoms with Crippen molar-refractivity contribution in [2.24, 2.45) is 10.8 Å². The molecule has 0 fully saturated rings. The molecule has 4 nitrogen and oxygen atoms in total. The van der Waals surface area contributed by atoms with Gasteiger partial charge in [-0.25, -0.2) is 0 Å². The van der Waals surface area contributed by atoms with Crippen molar-refractivity contribution in [3.63, 3.8) is 0 Å². The second-order valence-electron chi connectivity index (χ2n) is 6.31. The molecule has 0 aromatic rings. The Bertz CT molecular complexity index is 277. The van der Waals surface area contributed by atoms with Gasteiger partial charge in [0.05, 0.1) is 0 Å². The summed E-state index contributed by atoms with van der Waals surface area (Å²) in [6.45, 7) is 10.3. The summed E-state index contributed by atoms with van der Waals surface area (Å²) in [5, 5.41) is 11.5. The first-order valence-corrected chi connectivity index (χ1v) is 6.05. The maximum Gasteiger partial charge on any atom is 0.303 e. The van der Waals surface area contributed by atoms with Crippen LogP contribution in [0.2, 0.25) is 0 Å². The van der Waals surface area contributed by atoms with Gasteiger partial charge in [-0.15, -0.1) is 0 Å². The number of carboxylic acids is 1. The number of hydrogen-bond acceptors (Lipinski definition) is 2. The van der Waals surface area contributed by atoms with E-state index >= 15 is 0 Å². The monoisotopic (exact) mass is 243 g/mol. The van der Waals surface area contributed by atoms with Gasteiger partial charge in [-0.1, -0.05) is 34.6 Å². The minimum atomic E-state index is -0.767. The molecule has 0 radical (unpaired) electrons. The number of carbonyl (C=O) groups is 2. The van der Waals surface area contributed by atoms with Crippen molar-refractivity contribution in [2.45, 2.75) is 53.9 Å². The third kappa shape index (κ3) is 7.77. The van der Waals surface area contributed by atoms with Gasteiger partial charge >= 0.3 is 5.97 Å². The average Bonchev–Trinajstić information content (AvgIpc) is 2.13. The zero-order valence-electron chi connectivity index (χ0n) is 11.6. The Morgan fingerprint density at radius 2 is 1.59 bits per heavy atom. The zero-order valence-corrected chi connectivity index (χ0v) is 11.6. The first-order valence-electron chi connectivity index (χ1n) is 6.05. The zero-order chi connectivity index (χ0) is 13.7. The molecule has 0 unspecified atom stereocenters. The summed E-state index contributed by atoms with van der Waals surface area (Å²) >= 11 is 0. The summed E-state index contributed by atoms with van der Waals surface area (Å²) in [7, 11) is 0. The van der Waals surface area contributed by atoms with Crippen LogP contribution in [0.5, 0.6) is 0 Å². The molecule has 1 amide bonds. The molecule has 0 bridgehead atoms. The topological polar surface area (TPSA) is 66.4 Å². The van der Waals surface area contributed by atoms with Crippen LogP contribution in [0.15, 0.2) is 0 Å². The highest BCUT2D eigenvalue weighted by molar-refractivity contribution is 5.81. The lowest BCUT2D eigenvalue weighted by Gasteiger charge is -2.25. The Hall–Kier alpha value is -1.06. The van der Waals surface area contributed by atoms with Crippen molar-refractivity contribution in [1.29, 1.82) is 0 Å². The van der Waals surface area contributed by atoms with Gasteiger partial charge in [-0.05, 0) is 18.3 Å². The smallest absolute Gasteiger partial charge is 0.303 e. The van der Waals surface area contributed by atoms with E-state index in [9.17, 15) is 9.59 Å². The highest BCUT2D eigenvalue weighted by atomic mass is 16.4. The Morgan fingerprint density at radius 1 is 1.06 bits per heavy atom. The van der Waals surface area contributed by atoms with Crippen molar-refractivity contribution in [3.8, 4) is 0 Å². The number of rotatable bonds is 6. The normalized spacial score (nSPS) is 12.3. The summed E-state index contributed by atoms with van der Waals surface area (Å²) in [6.07, 6.45) is 1.61. The lowest BCUT2D eigenvalue weighted by Crippen LogP contribution is -2.36. The van der Waals surface area contributed by atoms with Crippen molar-refractivity contribution in [2.75, 3.05) is 6.54 Å². The van der Waals surface area contributed by atoms with Gasteiger partial charge in [-0.3, -0.25) is 9.59 Å². The lowest BCUT2D eigenvalue weighted by molar-refractivity contribution is -0.137. The van der Waals surface area contributed by atoms with E-state index < -0.39 is 5.97 Å². The second-order valence-corrected chi connectivity index (χ2v) is 6.31. The molecular weight excluding hydrogens is 218 g/mol. The fourth-order valence-electron chi connectivity index (χ4n) is 1.35. The highest BCUT2D eigenvalue weighted by Crippen LogP contribution is 2.26. The molecule has 0 aliphatic rings. The predicted molar refractivity (Wildman–Crippen MR) is 67.7 cm³/mol. The quantitative estimate of drug-likeness (QED) is 0.753. The van der Waals surface area contributed by atoms with E-state index in [2.05, 4.69) is 5.32 Å². The summed E-state index contributed by atoms with van der Waals surface area (Å²) < 4.78 is 0. The van der Waals surface area contributed by atoms with Gasteiger partial charge in [0.1, 0.15) is 0 Å². The highest BCUT2D eigenvalue weighted by Gasteiger charge is 2.23. The minimum Gasteiger partial charge on any atom is -0.481 e. The van der Waals surface area contributed by atoms with Crippen LogP contribution in [0.3, 0.4) is 0 Å². The minimum absolute atomic E-state index is 0.0338. The van der Waals surface area contributed by atoms with E-state index in [-0.39, 0.29) is 23.2 Å². The molecule has 0 spiro atoms. The van der Waals surface area contributed by atoms with Crippen LogP contribution in [0.1, 0.15) is 53.9 Å². The fraction of sp³-hybridized carbons (Fsp3) is 0.846. The molecule has 4 heteroatoms. The number of hydrogen-bond donors (Lipinski definition) is 2. The van der Waals surface area contributed by atoms with E-state index in [0.29, 0.717) is 13.0 Å². The summed E-state index contributed by atoms with van der Waals surface area (Å²) in [5.74, 6) is -0.733. The van der Waals surface area contributed by atoms with Gasteiger partial charge in [0.25, 0.3) is 0 Å². The van der Waals surface area contributed by atoms with Crippen LogP contribution >= 0.6 is 0 Å². The average molecular weight is 243 g/mol. The van der Waals surface area contributed by atoms with Gasteiger partial charge in [0.2, 0.25) is 5.91 Å². The molecule has 0 rings (SSSR count). The van der Waals surface area contributed by atoms with Crippen LogP contribution < -0.4 is 5.32 Å². The molecule has 0 aliphatic carbocycles. The predicted octanol–water partition coefficient (Wildman–Crippen LogP) is 2.43. The molecule has 0 saturated heterocycles. The van der Waals surface area contributed by atoms with E-state index in [1.807, 2.05) is 34.6 Å². The maximum absolute atomic E-state index is 11.6. The number of carbonyl (C=O) groups excluding carboxylic acids is 1. The molecule has 0 saturated carbocycles. The Labute approximate surface area is 104 Å². The number of aliphatic carboxylic acids is 1. The van der Waals surface area contributed by atoms with Crippen LogP contribution in [0, 0.1) is 10.8 Å². The van der Waals surface area contributed by atoms with Crippen molar-refractivity contribution < 1.29 is 14.7 Å². The van der Waals surface area contributed by atoms with Gasteiger partial charge in [0, 0.05) is 18.4 Å². The van der Waals surface area contributed by atoms with E-state index in [4.69, 9.17) is 5.11 Å². The first-order chi connectivity index (χ1) is 7.54. The standard InChI is InChI=1S/C13H25NO3/c1-12(2,3)11(17)14-9-8-13(4,5)7-6-10(15)16/h6-9H2,1-5H3,(H,14,17)(H,15,16). The largest absolute Gasteiger partial charge is 0.481 e. The Balaban J connectivity index is 3.95. The Morgan fingerprint density at radius 3 is 2.00 bits per heavy atom. The molecule has 100 valence electrons. The van der Waals surface area contributed by atoms with Crippen LogP contribution in [0.4, 0.5) is 0 Å². The van der Waals surface area contributed by atoms with Crippen molar-refractivity contribution in [1.82, 2.24) is 5.32 Å². The van der Waals surface area contributed by atoms with Crippen LogP contribution in [-0.4, -0.2) is 23.5 Å². The van der Waals surface area contributed by atoms with Crippen molar-refractivity contribution in [3.05, 3.63) is 0 Å². The SMILES string of the molecule is CC(C)(CCNC(=O)C(C)(C)C)CCC(=O)O. The third-order valence-electron chi connectivity index (χ3n) is 2.78. The van der Waals surface area contributed by atoms with E-state index in [1.54, 1.807) is 0 Å². The Kier molecular flexibility index (Phi) is 5.66. The van der Waals surface area contributed by atoms with Crippen LogP contribution in [0.25, 0.3) is 0 Å². The summed E-state index contributed by atoms with van der Waals surface area (Å²) in [4.78, 5) is 22.1. The molecule has 2 N–H and O–H groups in total. The van der Waals surface area contributed by atoms with E-state index in [0.717, 1.165) is 6.42 Å². The number of nitrogens with one attached hydrogen (secondary N) is 1. The fourth-order valence-corrected chi connectivity index (χ4v) is 1.35. The molecule has 0 heterocycles. The second kappa shape index (κ2) is 6.03. The molecule has 17 heavy (non-hydrogen) atoms. The number of amides is 1.